The third-order valence-electron chi connectivity index (χ3n) is 2.02. The van der Waals surface area contributed by atoms with E-state index in [-0.39, 0.29) is 0 Å². The van der Waals surface area contributed by atoms with Crippen molar-refractivity contribution < 1.29 is 14.7 Å². The van der Waals surface area contributed by atoms with Gasteiger partial charge in [0.2, 0.25) is 0 Å². The van der Waals surface area contributed by atoms with Gasteiger partial charge in [-0.3, -0.25) is 4.79 Å². The molecule has 0 amide bonds. The van der Waals surface area contributed by atoms with Gasteiger partial charge in [-0.25, -0.2) is 4.84 Å². The van der Waals surface area contributed by atoms with Gasteiger partial charge in [-0.1, -0.05) is 18.8 Å². The molecule has 1 unspecified atom stereocenters. The summed E-state index contributed by atoms with van der Waals surface area (Å²) >= 11 is 0. The van der Waals surface area contributed by atoms with Crippen LogP contribution >= 0.6 is 0 Å². The summed E-state index contributed by atoms with van der Waals surface area (Å²) in [6.45, 7) is 0. The molecule has 0 radical (unpaired) electrons. The molecular formula is C9H11NO4. The maximum absolute atomic E-state index is 11.1. The van der Waals surface area contributed by atoms with E-state index in [4.69, 9.17) is 0 Å². The van der Waals surface area contributed by atoms with Gasteiger partial charge in [-0.15, -0.1) is 16.0 Å². The number of hydrogen-bond donors (Lipinski definition) is 0. The van der Waals surface area contributed by atoms with Gasteiger partial charge in [0.15, 0.2) is 0 Å². The molecule has 0 spiro atoms. The number of carbonyl (C=O) groups excluding carboxylic acids is 1. The summed E-state index contributed by atoms with van der Waals surface area (Å²) in [6.07, 6.45) is 4.22. The molecule has 1 atom stereocenters. The number of nitrogens with zero attached hydrogens (tertiary/aromatic N) is 1. The van der Waals surface area contributed by atoms with Crippen LogP contribution in [0, 0.1) is 27.9 Å². The predicted octanol–water partition coefficient (Wildman–Crippen LogP) is 1.31. The summed E-state index contributed by atoms with van der Waals surface area (Å²) in [4.78, 5) is 24.9. The molecule has 0 saturated heterocycles. The van der Waals surface area contributed by atoms with Crippen molar-refractivity contribution >= 4 is 5.97 Å². The molecular weight excluding hydrogens is 186 g/mol. The third kappa shape index (κ3) is 3.44. The monoisotopic (exact) mass is 197 g/mol. The molecule has 0 bridgehead atoms. The highest BCUT2D eigenvalue weighted by molar-refractivity contribution is 5.75. The van der Waals surface area contributed by atoms with E-state index < -0.39 is 17.0 Å². The van der Waals surface area contributed by atoms with Crippen molar-refractivity contribution in [2.45, 2.75) is 32.1 Å². The van der Waals surface area contributed by atoms with Crippen LogP contribution in [0.25, 0.3) is 0 Å². The van der Waals surface area contributed by atoms with Crippen LogP contribution in [0.4, 0.5) is 0 Å². The van der Waals surface area contributed by atoms with E-state index in [0.29, 0.717) is 6.42 Å². The molecule has 0 aromatic carbocycles. The van der Waals surface area contributed by atoms with Crippen molar-refractivity contribution in [1.29, 1.82) is 0 Å². The Labute approximate surface area is 81.5 Å². The first-order valence-corrected chi connectivity index (χ1v) is 4.55. The molecule has 5 heteroatoms. The predicted molar refractivity (Wildman–Crippen MR) is 47.4 cm³/mol. The van der Waals surface area contributed by atoms with Crippen molar-refractivity contribution in [3.63, 3.8) is 0 Å². The molecule has 0 aliphatic heterocycles. The SMILES string of the molecule is O=C(O[N+](=O)[O-])C1C#CCCCCC1. The van der Waals surface area contributed by atoms with Crippen LogP contribution in [0.1, 0.15) is 32.1 Å². The lowest BCUT2D eigenvalue weighted by Crippen LogP contribution is -2.19. The molecule has 0 aromatic heterocycles. The summed E-state index contributed by atoms with van der Waals surface area (Å²) in [5.41, 5.74) is 0. The Bertz CT molecular complexity index is 289. The molecule has 1 aliphatic carbocycles. The van der Waals surface area contributed by atoms with Gasteiger partial charge in [-0.05, 0) is 12.8 Å². The summed E-state index contributed by atoms with van der Waals surface area (Å²) in [7, 11) is 0. The van der Waals surface area contributed by atoms with Crippen molar-refractivity contribution in [2.75, 3.05) is 0 Å². The Morgan fingerprint density at radius 3 is 2.93 bits per heavy atom. The Morgan fingerprint density at radius 1 is 1.43 bits per heavy atom. The van der Waals surface area contributed by atoms with Crippen molar-refractivity contribution in [2.24, 2.45) is 5.92 Å². The molecule has 0 saturated carbocycles. The smallest absolute Gasteiger partial charge is 0.267 e. The van der Waals surface area contributed by atoms with Gasteiger partial charge in [0, 0.05) is 6.42 Å². The highest BCUT2D eigenvalue weighted by Crippen LogP contribution is 2.14. The van der Waals surface area contributed by atoms with Crippen LogP contribution in [0.2, 0.25) is 0 Å². The first kappa shape index (κ1) is 10.5. The second-order valence-electron chi connectivity index (χ2n) is 3.11. The minimum atomic E-state index is -1.08. The molecule has 1 rings (SSSR count). The first-order valence-electron chi connectivity index (χ1n) is 4.55. The first-order chi connectivity index (χ1) is 6.70. The highest BCUT2D eigenvalue weighted by Gasteiger charge is 2.19. The van der Waals surface area contributed by atoms with E-state index in [1.54, 1.807) is 0 Å². The molecule has 0 heterocycles. The van der Waals surface area contributed by atoms with Gasteiger partial charge in [0.05, 0.1) is 0 Å². The van der Waals surface area contributed by atoms with E-state index in [0.717, 1.165) is 25.7 Å². The Hall–Kier alpha value is -1.57. The van der Waals surface area contributed by atoms with E-state index in [9.17, 15) is 14.9 Å². The zero-order valence-electron chi connectivity index (χ0n) is 7.69. The standard InChI is InChI=1S/C9H11NO4/c11-9(14-10(12)13)8-6-4-2-1-3-5-7-8/h8H,1-4,6H2. The Morgan fingerprint density at radius 2 is 2.21 bits per heavy atom. The fraction of sp³-hybridized carbons (Fsp3) is 0.667. The lowest BCUT2D eigenvalue weighted by atomic mass is 9.99. The second-order valence-corrected chi connectivity index (χ2v) is 3.11. The van der Waals surface area contributed by atoms with Gasteiger partial charge in [0.25, 0.3) is 0 Å². The average Bonchev–Trinajstić information content (AvgIpc) is 2.00. The fourth-order valence-corrected chi connectivity index (χ4v) is 1.32. The summed E-state index contributed by atoms with van der Waals surface area (Å²) in [5.74, 6) is 4.05. The minimum Gasteiger partial charge on any atom is -0.267 e. The van der Waals surface area contributed by atoms with E-state index in [1.807, 2.05) is 0 Å². The quantitative estimate of drug-likeness (QED) is 0.380. The maximum Gasteiger partial charge on any atom is 0.318 e. The molecule has 1 aliphatic rings. The number of rotatable bonds is 2. The normalized spacial score (nSPS) is 21.0. The van der Waals surface area contributed by atoms with Crippen molar-refractivity contribution in [3.05, 3.63) is 10.1 Å². The van der Waals surface area contributed by atoms with Gasteiger partial charge < -0.3 is 0 Å². The largest absolute Gasteiger partial charge is 0.318 e. The molecule has 5 nitrogen and oxygen atoms in total. The van der Waals surface area contributed by atoms with Crippen LogP contribution in [0.3, 0.4) is 0 Å². The van der Waals surface area contributed by atoms with Crippen LogP contribution in [0.5, 0.6) is 0 Å². The van der Waals surface area contributed by atoms with Gasteiger partial charge in [0.1, 0.15) is 5.92 Å². The Balaban J connectivity index is 2.55. The van der Waals surface area contributed by atoms with E-state index in [2.05, 4.69) is 16.7 Å². The molecule has 0 aromatic rings. The number of carbonyl (C=O) groups is 1. The van der Waals surface area contributed by atoms with E-state index in [1.165, 1.54) is 0 Å². The highest BCUT2D eigenvalue weighted by atomic mass is 17.0. The topological polar surface area (TPSA) is 69.4 Å². The summed E-state index contributed by atoms with van der Waals surface area (Å²) in [6, 6.07) is 0. The lowest BCUT2D eigenvalue weighted by Gasteiger charge is -2.08. The molecule has 0 fully saturated rings. The maximum atomic E-state index is 11.1. The van der Waals surface area contributed by atoms with Crippen LogP contribution in [0.15, 0.2) is 0 Å². The van der Waals surface area contributed by atoms with Gasteiger partial charge in [-0.2, -0.15) is 0 Å². The lowest BCUT2D eigenvalue weighted by molar-refractivity contribution is -0.730. The van der Waals surface area contributed by atoms with Crippen LogP contribution < -0.4 is 0 Å². The van der Waals surface area contributed by atoms with Crippen molar-refractivity contribution in [3.8, 4) is 11.8 Å². The minimum absolute atomic E-state index is 0.555. The summed E-state index contributed by atoms with van der Waals surface area (Å²) in [5, 5.41) is 8.84. The average molecular weight is 197 g/mol. The van der Waals surface area contributed by atoms with Crippen LogP contribution in [-0.2, 0) is 9.63 Å². The zero-order valence-corrected chi connectivity index (χ0v) is 7.69. The second kappa shape index (κ2) is 5.22. The molecule has 0 N–H and O–H groups in total. The third-order valence-corrected chi connectivity index (χ3v) is 2.02. The van der Waals surface area contributed by atoms with Gasteiger partial charge >= 0.3 is 11.1 Å². The van der Waals surface area contributed by atoms with E-state index >= 15 is 0 Å². The zero-order chi connectivity index (χ0) is 10.4. The summed E-state index contributed by atoms with van der Waals surface area (Å²) < 4.78 is 0. The fourth-order valence-electron chi connectivity index (χ4n) is 1.32. The Kier molecular flexibility index (Phi) is 3.92. The number of hydrogen-bond acceptors (Lipinski definition) is 4. The molecule has 14 heavy (non-hydrogen) atoms. The molecule has 76 valence electrons. The van der Waals surface area contributed by atoms with Crippen LogP contribution in [-0.4, -0.2) is 11.1 Å². The van der Waals surface area contributed by atoms with Crippen molar-refractivity contribution in [1.82, 2.24) is 0 Å².